The van der Waals surface area contributed by atoms with E-state index in [1.165, 1.54) is 11.3 Å². The number of allylic oxidation sites excluding steroid dienone is 4. The normalized spacial score (nSPS) is 11.7. The summed E-state index contributed by atoms with van der Waals surface area (Å²) in [6.45, 7) is 5.69. The van der Waals surface area contributed by atoms with Gasteiger partial charge in [0.15, 0.2) is 5.13 Å². The van der Waals surface area contributed by atoms with E-state index < -0.39 is 6.09 Å². The van der Waals surface area contributed by atoms with Crippen LogP contribution < -0.4 is 11.1 Å². The van der Waals surface area contributed by atoms with Crippen molar-refractivity contribution in [1.29, 1.82) is 0 Å². The van der Waals surface area contributed by atoms with Gasteiger partial charge in [-0.1, -0.05) is 42.2 Å². The number of nitrogens with zero attached hydrogens (tertiary/aromatic N) is 2. The Bertz CT molecular complexity index is 1050. The molecule has 3 N–H and O–H groups in total. The van der Waals surface area contributed by atoms with Crippen LogP contribution in [0.15, 0.2) is 67.5 Å². The molecule has 0 aliphatic heterocycles. The molecular formula is C21H20N4O2S. The summed E-state index contributed by atoms with van der Waals surface area (Å²) >= 11 is 1.35. The van der Waals surface area contributed by atoms with E-state index in [9.17, 15) is 4.79 Å². The lowest BCUT2D eigenvalue weighted by atomic mass is 10.0. The maximum Gasteiger partial charge on any atom is 0.413 e. The van der Waals surface area contributed by atoms with Crippen molar-refractivity contribution in [3.8, 4) is 11.1 Å². The van der Waals surface area contributed by atoms with Gasteiger partial charge in [-0.3, -0.25) is 10.3 Å². The number of rotatable bonds is 6. The highest BCUT2D eigenvalue weighted by atomic mass is 32.1. The Morgan fingerprint density at radius 2 is 2.21 bits per heavy atom. The molecule has 1 aromatic carbocycles. The molecule has 0 aliphatic carbocycles. The molecule has 2 heterocycles. The molecule has 6 nitrogen and oxygen atoms in total. The van der Waals surface area contributed by atoms with Crippen molar-refractivity contribution in [3.05, 3.63) is 73.1 Å². The van der Waals surface area contributed by atoms with Crippen LogP contribution in [0.2, 0.25) is 0 Å². The number of anilines is 1. The maximum absolute atomic E-state index is 11.7. The van der Waals surface area contributed by atoms with Crippen LogP contribution in [0.4, 0.5) is 9.93 Å². The van der Waals surface area contributed by atoms with Gasteiger partial charge < -0.3 is 10.5 Å². The van der Waals surface area contributed by atoms with Gasteiger partial charge in [0.1, 0.15) is 0 Å². The van der Waals surface area contributed by atoms with E-state index in [4.69, 9.17) is 10.5 Å². The number of aromatic nitrogens is 2. The van der Waals surface area contributed by atoms with Crippen LogP contribution in [0, 0.1) is 0 Å². The van der Waals surface area contributed by atoms with Gasteiger partial charge in [0.05, 0.1) is 16.8 Å². The molecule has 0 unspecified atom stereocenters. The summed E-state index contributed by atoms with van der Waals surface area (Å²) in [4.78, 5) is 20.5. The van der Waals surface area contributed by atoms with Gasteiger partial charge in [-0.05, 0) is 36.8 Å². The molecule has 0 saturated heterocycles. The zero-order chi connectivity index (χ0) is 19.9. The molecule has 0 spiro atoms. The SMILES string of the molecule is C=C/C=C\C=C(/N)c1cc(-c2cccnc2)cc2nc(NC(=O)OCC)sc12. The molecule has 0 saturated carbocycles. The fraction of sp³-hybridized carbons (Fsp3) is 0.0952. The van der Waals surface area contributed by atoms with E-state index in [0.717, 1.165) is 26.9 Å². The molecular weight excluding hydrogens is 372 g/mol. The van der Waals surface area contributed by atoms with E-state index in [2.05, 4.69) is 21.9 Å². The third-order valence-corrected chi connectivity index (χ3v) is 4.82. The third-order valence-electron chi connectivity index (χ3n) is 3.80. The summed E-state index contributed by atoms with van der Waals surface area (Å²) < 4.78 is 5.81. The fourth-order valence-corrected chi connectivity index (χ4v) is 3.55. The third kappa shape index (κ3) is 4.44. The van der Waals surface area contributed by atoms with Crippen molar-refractivity contribution in [2.24, 2.45) is 5.73 Å². The smallest absolute Gasteiger partial charge is 0.413 e. The number of carbonyl (C=O) groups is 1. The Hall–Kier alpha value is -3.45. The summed E-state index contributed by atoms with van der Waals surface area (Å²) in [5, 5.41) is 3.11. The Morgan fingerprint density at radius 3 is 2.93 bits per heavy atom. The molecule has 0 bridgehead atoms. The van der Waals surface area contributed by atoms with Crippen LogP contribution in [0.5, 0.6) is 0 Å². The molecule has 2 aromatic heterocycles. The first kappa shape index (κ1) is 19.3. The van der Waals surface area contributed by atoms with Crippen molar-refractivity contribution in [2.75, 3.05) is 11.9 Å². The van der Waals surface area contributed by atoms with Crippen molar-refractivity contribution in [3.63, 3.8) is 0 Å². The highest BCUT2D eigenvalue weighted by Gasteiger charge is 2.14. The average Bonchev–Trinajstić information content (AvgIpc) is 3.10. The number of amides is 1. The number of hydrogen-bond donors (Lipinski definition) is 2. The number of hydrogen-bond acceptors (Lipinski definition) is 6. The fourth-order valence-electron chi connectivity index (χ4n) is 2.58. The number of carbonyl (C=O) groups excluding carboxylic acids is 1. The Kier molecular flexibility index (Phi) is 6.18. The predicted molar refractivity (Wildman–Crippen MR) is 115 cm³/mol. The Morgan fingerprint density at radius 1 is 1.36 bits per heavy atom. The average molecular weight is 392 g/mol. The van der Waals surface area contributed by atoms with Gasteiger partial charge in [0.25, 0.3) is 0 Å². The zero-order valence-corrected chi connectivity index (χ0v) is 16.2. The molecule has 7 heteroatoms. The largest absolute Gasteiger partial charge is 0.450 e. The number of ether oxygens (including phenoxy) is 1. The lowest BCUT2D eigenvalue weighted by Crippen LogP contribution is -2.12. The van der Waals surface area contributed by atoms with Gasteiger partial charge in [0, 0.05) is 29.2 Å². The number of fused-ring (bicyclic) bond motifs is 1. The van der Waals surface area contributed by atoms with Crippen LogP contribution in [-0.2, 0) is 4.74 Å². The van der Waals surface area contributed by atoms with E-state index >= 15 is 0 Å². The molecule has 3 rings (SSSR count). The van der Waals surface area contributed by atoms with E-state index in [0.29, 0.717) is 17.4 Å². The molecule has 28 heavy (non-hydrogen) atoms. The Labute approximate surface area is 167 Å². The second-order valence-electron chi connectivity index (χ2n) is 5.72. The summed E-state index contributed by atoms with van der Waals surface area (Å²) in [5.74, 6) is 0. The topological polar surface area (TPSA) is 90.1 Å². The predicted octanol–water partition coefficient (Wildman–Crippen LogP) is 4.97. The van der Waals surface area contributed by atoms with Crippen LogP contribution in [0.1, 0.15) is 12.5 Å². The molecule has 3 aromatic rings. The van der Waals surface area contributed by atoms with Gasteiger partial charge in [0.2, 0.25) is 0 Å². The van der Waals surface area contributed by atoms with Gasteiger partial charge in [-0.25, -0.2) is 9.78 Å². The van der Waals surface area contributed by atoms with Crippen LogP contribution in [0.3, 0.4) is 0 Å². The lowest BCUT2D eigenvalue weighted by Gasteiger charge is -2.07. The first-order valence-corrected chi connectivity index (χ1v) is 9.48. The van der Waals surface area contributed by atoms with Crippen LogP contribution >= 0.6 is 11.3 Å². The minimum absolute atomic E-state index is 0.290. The van der Waals surface area contributed by atoms with Crippen molar-refractivity contribution < 1.29 is 9.53 Å². The second kappa shape index (κ2) is 8.96. The number of pyridine rings is 1. The monoisotopic (exact) mass is 392 g/mol. The number of nitrogens with two attached hydrogens (primary N) is 1. The maximum atomic E-state index is 11.7. The van der Waals surface area contributed by atoms with E-state index in [-0.39, 0.29) is 0 Å². The molecule has 0 radical (unpaired) electrons. The highest BCUT2D eigenvalue weighted by molar-refractivity contribution is 7.22. The molecule has 0 fully saturated rings. The van der Waals surface area contributed by atoms with Crippen LogP contribution in [-0.4, -0.2) is 22.7 Å². The Balaban J connectivity index is 2.12. The van der Waals surface area contributed by atoms with Gasteiger partial charge in [-0.15, -0.1) is 0 Å². The molecule has 0 aliphatic rings. The second-order valence-corrected chi connectivity index (χ2v) is 6.72. The first-order chi connectivity index (χ1) is 13.6. The van der Waals surface area contributed by atoms with Crippen molar-refractivity contribution >= 4 is 38.5 Å². The first-order valence-electron chi connectivity index (χ1n) is 8.66. The standard InChI is InChI=1S/C21H20N4O2S/c1-3-5-6-9-17(22)16-11-15(14-8-7-10-23-13-14)12-18-19(16)28-20(24-18)25-21(26)27-4-2/h3,5-13H,1,4,22H2,2H3,(H,24,25,26)/b6-5-,17-9-. The van der Waals surface area contributed by atoms with E-state index in [1.54, 1.807) is 31.5 Å². The molecule has 1 amide bonds. The zero-order valence-electron chi connectivity index (χ0n) is 15.4. The van der Waals surface area contributed by atoms with Gasteiger partial charge >= 0.3 is 6.09 Å². The minimum Gasteiger partial charge on any atom is -0.450 e. The van der Waals surface area contributed by atoms with Crippen molar-refractivity contribution in [1.82, 2.24) is 9.97 Å². The quantitative estimate of drug-likeness (QED) is 0.578. The van der Waals surface area contributed by atoms with Gasteiger partial charge in [-0.2, -0.15) is 0 Å². The summed E-state index contributed by atoms with van der Waals surface area (Å²) in [6.07, 6.45) is 10.1. The molecule has 0 atom stereocenters. The minimum atomic E-state index is -0.534. The van der Waals surface area contributed by atoms with E-state index in [1.807, 2.05) is 36.4 Å². The molecule has 142 valence electrons. The number of benzene rings is 1. The summed E-state index contributed by atoms with van der Waals surface area (Å²) in [6, 6.07) is 7.80. The summed E-state index contributed by atoms with van der Waals surface area (Å²) in [5.41, 5.74) is 10.4. The number of thiazole rings is 1. The lowest BCUT2D eigenvalue weighted by molar-refractivity contribution is 0.168. The van der Waals surface area contributed by atoms with Crippen molar-refractivity contribution in [2.45, 2.75) is 6.92 Å². The highest BCUT2D eigenvalue weighted by Crippen LogP contribution is 2.35. The number of nitrogens with one attached hydrogen (secondary N) is 1. The summed E-state index contributed by atoms with van der Waals surface area (Å²) in [7, 11) is 0. The van der Waals surface area contributed by atoms with Crippen LogP contribution in [0.25, 0.3) is 27.0 Å².